The Morgan fingerprint density at radius 3 is 2.47 bits per heavy atom. The molecule has 0 radical (unpaired) electrons. The highest BCUT2D eigenvalue weighted by molar-refractivity contribution is 7.89. The second-order valence-corrected chi connectivity index (χ2v) is 9.52. The highest BCUT2D eigenvalue weighted by Gasteiger charge is 2.19. The van der Waals surface area contributed by atoms with Crippen LogP contribution < -0.4 is 15.3 Å². The molecule has 3 aromatic rings. The Kier molecular flexibility index (Phi) is 6.14. The number of imidazole rings is 1. The van der Waals surface area contributed by atoms with Gasteiger partial charge in [-0.3, -0.25) is 4.90 Å². The summed E-state index contributed by atoms with van der Waals surface area (Å²) in [6.07, 6.45) is 0.730. The molecule has 160 valence electrons. The van der Waals surface area contributed by atoms with E-state index in [9.17, 15) is 13.2 Å². The lowest BCUT2D eigenvalue weighted by Gasteiger charge is -2.36. The van der Waals surface area contributed by atoms with Crippen LogP contribution in [0.15, 0.2) is 52.2 Å². The van der Waals surface area contributed by atoms with Crippen molar-refractivity contribution in [2.45, 2.75) is 11.3 Å². The Morgan fingerprint density at radius 1 is 1.00 bits per heavy atom. The van der Waals surface area contributed by atoms with E-state index < -0.39 is 10.0 Å². The number of anilines is 1. The average Bonchev–Trinajstić information content (AvgIpc) is 3.12. The zero-order valence-corrected chi connectivity index (χ0v) is 18.0. The normalized spacial score (nSPS) is 15.7. The molecule has 2 heterocycles. The number of hydrogen-bond acceptors (Lipinski definition) is 5. The number of nitrogens with zero attached hydrogens (tertiary/aromatic N) is 2. The Hall–Kier alpha value is -2.33. The fourth-order valence-electron chi connectivity index (χ4n) is 3.72. The van der Waals surface area contributed by atoms with E-state index in [4.69, 9.17) is 11.6 Å². The van der Waals surface area contributed by atoms with E-state index in [0.717, 1.165) is 55.9 Å². The van der Waals surface area contributed by atoms with Crippen molar-refractivity contribution in [1.82, 2.24) is 19.6 Å². The van der Waals surface area contributed by atoms with Gasteiger partial charge >= 0.3 is 5.69 Å². The summed E-state index contributed by atoms with van der Waals surface area (Å²) >= 11 is 5.81. The number of nitrogens with one attached hydrogen (secondary N) is 3. The highest BCUT2D eigenvalue weighted by atomic mass is 35.5. The smallest absolute Gasteiger partial charge is 0.323 e. The van der Waals surface area contributed by atoms with Crippen LogP contribution in [0, 0.1) is 0 Å². The number of aromatic amines is 2. The highest BCUT2D eigenvalue weighted by Crippen LogP contribution is 2.24. The van der Waals surface area contributed by atoms with Crippen LogP contribution in [0.4, 0.5) is 5.69 Å². The van der Waals surface area contributed by atoms with Crippen molar-refractivity contribution in [2.75, 3.05) is 44.2 Å². The Bertz CT molecular complexity index is 1170. The lowest BCUT2D eigenvalue weighted by molar-refractivity contribution is 0.255. The summed E-state index contributed by atoms with van der Waals surface area (Å²) in [6.45, 7) is 4.67. The van der Waals surface area contributed by atoms with Gasteiger partial charge in [-0.05, 0) is 49.4 Å². The molecule has 0 saturated carbocycles. The summed E-state index contributed by atoms with van der Waals surface area (Å²) < 4.78 is 27.2. The second-order valence-electron chi connectivity index (χ2n) is 7.31. The number of fused-ring (bicyclic) bond motifs is 1. The molecule has 30 heavy (non-hydrogen) atoms. The molecule has 4 rings (SSSR count). The zero-order valence-electron chi connectivity index (χ0n) is 16.4. The quantitative estimate of drug-likeness (QED) is 0.479. The first-order valence-electron chi connectivity index (χ1n) is 9.86. The molecule has 10 heteroatoms. The number of rotatable bonds is 7. The molecule has 0 amide bonds. The molecular weight excluding hydrogens is 426 g/mol. The van der Waals surface area contributed by atoms with Crippen LogP contribution in [-0.4, -0.2) is 62.6 Å². The fourth-order valence-corrected chi connectivity index (χ4v) is 4.93. The second kappa shape index (κ2) is 8.81. The van der Waals surface area contributed by atoms with Crippen LogP contribution in [0.5, 0.6) is 0 Å². The van der Waals surface area contributed by atoms with E-state index in [1.54, 1.807) is 12.1 Å². The lowest BCUT2D eigenvalue weighted by atomic mass is 10.2. The van der Waals surface area contributed by atoms with Gasteiger partial charge in [0.15, 0.2) is 0 Å². The van der Waals surface area contributed by atoms with Gasteiger partial charge in [-0.15, -0.1) is 0 Å². The number of piperazine rings is 1. The molecule has 1 aromatic heterocycles. The van der Waals surface area contributed by atoms with Crippen molar-refractivity contribution < 1.29 is 8.42 Å². The van der Waals surface area contributed by atoms with Gasteiger partial charge in [0.25, 0.3) is 0 Å². The Balaban J connectivity index is 1.25. The maximum absolute atomic E-state index is 12.3. The zero-order chi connectivity index (χ0) is 21.1. The van der Waals surface area contributed by atoms with Gasteiger partial charge in [0.05, 0.1) is 21.6 Å². The first-order valence-corrected chi connectivity index (χ1v) is 11.7. The summed E-state index contributed by atoms with van der Waals surface area (Å²) in [7, 11) is -3.51. The van der Waals surface area contributed by atoms with Crippen molar-refractivity contribution in [2.24, 2.45) is 0 Å². The predicted octanol–water partition coefficient (Wildman–Crippen LogP) is 2.00. The molecule has 3 N–H and O–H groups in total. The van der Waals surface area contributed by atoms with Gasteiger partial charge in [0.1, 0.15) is 0 Å². The van der Waals surface area contributed by atoms with E-state index in [1.165, 1.54) is 12.1 Å². The Labute approximate surface area is 179 Å². The van der Waals surface area contributed by atoms with Crippen molar-refractivity contribution in [3.05, 3.63) is 58.0 Å². The molecule has 0 unspecified atom stereocenters. The summed E-state index contributed by atoms with van der Waals surface area (Å²) in [6, 6.07) is 12.0. The van der Waals surface area contributed by atoms with Gasteiger partial charge < -0.3 is 14.9 Å². The topological polar surface area (TPSA) is 101 Å². The van der Waals surface area contributed by atoms with Crippen LogP contribution in [0.1, 0.15) is 6.42 Å². The van der Waals surface area contributed by atoms with Crippen molar-refractivity contribution in [3.63, 3.8) is 0 Å². The molecule has 1 aliphatic rings. The minimum atomic E-state index is -3.51. The van der Waals surface area contributed by atoms with Gasteiger partial charge in [-0.2, -0.15) is 0 Å². The largest absolute Gasteiger partial charge is 0.367 e. The number of hydrogen-bond donors (Lipinski definition) is 3. The van der Waals surface area contributed by atoms with Crippen LogP contribution in [-0.2, 0) is 10.0 Å². The molecule has 0 bridgehead atoms. The van der Waals surface area contributed by atoms with Crippen LogP contribution in [0.2, 0.25) is 5.02 Å². The first kappa shape index (κ1) is 20.9. The standard InChI is InChI=1S/C20H24ClN5O3S/c21-15-5-7-16(8-6-15)30(28,29)22-9-2-10-25-11-13-26(14-12-25)18-4-1-3-17-19(18)24-20(27)23-17/h1,3-8,22H,2,9-14H2,(H2,23,24,27). The minimum Gasteiger partial charge on any atom is -0.367 e. The van der Waals surface area contributed by atoms with Crippen LogP contribution >= 0.6 is 11.6 Å². The third kappa shape index (κ3) is 4.70. The number of sulfonamides is 1. The van der Waals surface area contributed by atoms with E-state index in [0.29, 0.717) is 11.6 Å². The summed E-state index contributed by atoms with van der Waals surface area (Å²) in [5.74, 6) is 0. The third-order valence-electron chi connectivity index (χ3n) is 5.31. The average molecular weight is 450 g/mol. The molecule has 8 nitrogen and oxygen atoms in total. The maximum atomic E-state index is 12.3. The number of aromatic nitrogens is 2. The van der Waals surface area contributed by atoms with Crippen molar-refractivity contribution >= 4 is 38.3 Å². The molecule has 1 saturated heterocycles. The van der Waals surface area contributed by atoms with Gasteiger partial charge in [0, 0.05) is 37.7 Å². The van der Waals surface area contributed by atoms with E-state index in [2.05, 4.69) is 24.5 Å². The molecule has 1 aliphatic heterocycles. The van der Waals surface area contributed by atoms with Crippen molar-refractivity contribution in [3.8, 4) is 0 Å². The fraction of sp³-hybridized carbons (Fsp3) is 0.350. The minimum absolute atomic E-state index is 0.197. The van der Waals surface area contributed by atoms with Crippen molar-refractivity contribution in [1.29, 1.82) is 0 Å². The number of halogens is 1. The number of H-pyrrole nitrogens is 2. The van der Waals surface area contributed by atoms with E-state index >= 15 is 0 Å². The molecular formula is C20H24ClN5O3S. The molecule has 0 spiro atoms. The molecule has 2 aromatic carbocycles. The molecule has 0 aliphatic carbocycles. The third-order valence-corrected chi connectivity index (χ3v) is 7.04. The molecule has 1 fully saturated rings. The Morgan fingerprint density at radius 2 is 1.73 bits per heavy atom. The predicted molar refractivity (Wildman–Crippen MR) is 119 cm³/mol. The van der Waals surface area contributed by atoms with Crippen LogP contribution in [0.25, 0.3) is 11.0 Å². The first-order chi connectivity index (χ1) is 14.4. The van der Waals surface area contributed by atoms with Gasteiger partial charge in [-0.25, -0.2) is 17.9 Å². The molecule has 0 atom stereocenters. The van der Waals surface area contributed by atoms with Gasteiger partial charge in [0.2, 0.25) is 10.0 Å². The summed E-state index contributed by atoms with van der Waals surface area (Å²) in [5.41, 5.74) is 2.49. The monoisotopic (exact) mass is 449 g/mol. The maximum Gasteiger partial charge on any atom is 0.323 e. The number of para-hydroxylation sites is 1. The lowest BCUT2D eigenvalue weighted by Crippen LogP contribution is -2.47. The number of benzene rings is 2. The van der Waals surface area contributed by atoms with E-state index in [1.807, 2.05) is 18.2 Å². The SMILES string of the molecule is O=c1[nH]c2cccc(N3CCN(CCCNS(=O)(=O)c4ccc(Cl)cc4)CC3)c2[nH]1. The summed E-state index contributed by atoms with van der Waals surface area (Å²) in [5, 5.41) is 0.507. The van der Waals surface area contributed by atoms with Gasteiger partial charge in [-0.1, -0.05) is 17.7 Å². The van der Waals surface area contributed by atoms with Crippen LogP contribution in [0.3, 0.4) is 0 Å². The van der Waals surface area contributed by atoms with E-state index in [-0.39, 0.29) is 10.6 Å². The summed E-state index contributed by atoms with van der Waals surface area (Å²) in [4.78, 5) is 22.1.